The van der Waals surface area contributed by atoms with Crippen molar-refractivity contribution in [2.75, 3.05) is 27.2 Å². The van der Waals surface area contributed by atoms with E-state index < -0.39 is 11.9 Å². The number of carbonyl (C=O) groups excluding carboxylic acids is 1. The van der Waals surface area contributed by atoms with Crippen molar-refractivity contribution in [3.05, 3.63) is 35.4 Å². The number of likely N-dealkylation sites (N-methyl/N-ethyl adjacent to an activating group) is 2. The van der Waals surface area contributed by atoms with E-state index in [0.29, 0.717) is 13.1 Å². The van der Waals surface area contributed by atoms with Crippen molar-refractivity contribution < 1.29 is 14.7 Å². The van der Waals surface area contributed by atoms with Gasteiger partial charge in [-0.1, -0.05) is 36.8 Å². The molecule has 1 atom stereocenters. The molecule has 1 aromatic carbocycles. The summed E-state index contributed by atoms with van der Waals surface area (Å²) in [6, 6.07) is 8.06. The lowest BCUT2D eigenvalue weighted by Gasteiger charge is -2.23. The minimum Gasteiger partial charge on any atom is -0.481 e. The first-order valence-corrected chi connectivity index (χ1v) is 7.00. The number of benzene rings is 1. The highest BCUT2D eigenvalue weighted by Crippen LogP contribution is 2.06. The second kappa shape index (κ2) is 7.78. The topological polar surface area (TPSA) is 60.9 Å². The third-order valence-corrected chi connectivity index (χ3v) is 3.38. The molecule has 0 aromatic heterocycles. The molecule has 0 radical (unpaired) electrons. The predicted octanol–water partition coefficient (Wildman–Crippen LogP) is 1.61. The van der Waals surface area contributed by atoms with Crippen LogP contribution in [0.5, 0.6) is 0 Å². The molecular formula is C16H24N2O3. The Hall–Kier alpha value is -1.88. The average molecular weight is 292 g/mol. The second-order valence-electron chi connectivity index (χ2n) is 5.67. The van der Waals surface area contributed by atoms with Crippen LogP contribution in [0.2, 0.25) is 0 Å². The van der Waals surface area contributed by atoms with E-state index in [1.807, 2.05) is 31.2 Å². The number of hydrogen-bond acceptors (Lipinski definition) is 3. The number of amides is 1. The first kappa shape index (κ1) is 17.2. The molecule has 1 aromatic rings. The predicted molar refractivity (Wildman–Crippen MR) is 81.9 cm³/mol. The Kier molecular flexibility index (Phi) is 6.37. The number of hydrogen-bond donors (Lipinski definition) is 1. The molecule has 0 aliphatic heterocycles. The zero-order valence-corrected chi connectivity index (χ0v) is 13.2. The van der Waals surface area contributed by atoms with Crippen LogP contribution in [0.1, 0.15) is 18.1 Å². The summed E-state index contributed by atoms with van der Waals surface area (Å²) in [5.74, 6) is -1.34. The number of aliphatic carboxylic acids is 1. The molecule has 0 saturated heterocycles. The fraction of sp³-hybridized carbons (Fsp3) is 0.500. The third kappa shape index (κ3) is 5.95. The zero-order chi connectivity index (χ0) is 16.0. The van der Waals surface area contributed by atoms with E-state index in [9.17, 15) is 9.59 Å². The number of carboxylic acid groups (broad SMARTS) is 1. The maximum absolute atomic E-state index is 12.1. The van der Waals surface area contributed by atoms with E-state index in [0.717, 1.165) is 5.56 Å². The van der Waals surface area contributed by atoms with E-state index in [2.05, 4.69) is 0 Å². The largest absolute Gasteiger partial charge is 0.481 e. The quantitative estimate of drug-likeness (QED) is 0.829. The first-order chi connectivity index (χ1) is 9.79. The number of rotatable bonds is 7. The van der Waals surface area contributed by atoms with Crippen molar-refractivity contribution in [1.29, 1.82) is 0 Å². The molecule has 1 unspecified atom stereocenters. The van der Waals surface area contributed by atoms with Crippen LogP contribution in [0.25, 0.3) is 0 Å². The van der Waals surface area contributed by atoms with Crippen molar-refractivity contribution in [1.82, 2.24) is 9.80 Å². The summed E-state index contributed by atoms with van der Waals surface area (Å²) in [5, 5.41) is 8.87. The van der Waals surface area contributed by atoms with Gasteiger partial charge in [-0.05, 0) is 19.5 Å². The molecule has 0 heterocycles. The molecule has 0 fully saturated rings. The number of aryl methyl sites for hydroxylation is 1. The van der Waals surface area contributed by atoms with Crippen molar-refractivity contribution in [3.63, 3.8) is 0 Å². The summed E-state index contributed by atoms with van der Waals surface area (Å²) in [4.78, 5) is 26.3. The molecule has 0 aliphatic carbocycles. The van der Waals surface area contributed by atoms with Crippen molar-refractivity contribution >= 4 is 11.9 Å². The van der Waals surface area contributed by atoms with Gasteiger partial charge in [-0.15, -0.1) is 0 Å². The van der Waals surface area contributed by atoms with E-state index in [4.69, 9.17) is 5.11 Å². The van der Waals surface area contributed by atoms with Crippen molar-refractivity contribution in [2.45, 2.75) is 20.4 Å². The van der Waals surface area contributed by atoms with E-state index in [-0.39, 0.29) is 12.5 Å². The van der Waals surface area contributed by atoms with E-state index in [1.54, 1.807) is 30.8 Å². The molecule has 1 rings (SSSR count). The first-order valence-electron chi connectivity index (χ1n) is 7.00. The highest BCUT2D eigenvalue weighted by Gasteiger charge is 2.17. The van der Waals surface area contributed by atoms with Crippen LogP contribution in [-0.4, -0.2) is 54.0 Å². The lowest BCUT2D eigenvalue weighted by molar-refractivity contribution is -0.142. The Morgan fingerprint density at radius 3 is 2.29 bits per heavy atom. The van der Waals surface area contributed by atoms with Gasteiger partial charge >= 0.3 is 5.97 Å². The maximum Gasteiger partial charge on any atom is 0.307 e. The molecule has 0 aliphatic rings. The standard InChI is InChI=1S/C16H24N2O3/c1-12-5-7-14(8-6-12)10-18(4)15(19)11-17(3)9-13(2)16(20)21/h5-8,13H,9-11H2,1-4H3,(H,20,21). The summed E-state index contributed by atoms with van der Waals surface area (Å²) in [6.45, 7) is 4.80. The third-order valence-electron chi connectivity index (χ3n) is 3.38. The molecule has 21 heavy (non-hydrogen) atoms. The van der Waals surface area contributed by atoms with Gasteiger partial charge in [0.05, 0.1) is 12.5 Å². The van der Waals surface area contributed by atoms with Crippen LogP contribution in [0.15, 0.2) is 24.3 Å². The van der Waals surface area contributed by atoms with Crippen LogP contribution in [-0.2, 0) is 16.1 Å². The monoisotopic (exact) mass is 292 g/mol. The highest BCUT2D eigenvalue weighted by molar-refractivity contribution is 5.78. The average Bonchev–Trinajstić information content (AvgIpc) is 2.40. The molecule has 0 bridgehead atoms. The SMILES string of the molecule is Cc1ccc(CN(C)C(=O)CN(C)CC(C)C(=O)O)cc1. The van der Waals surface area contributed by atoms with Gasteiger partial charge in [0.2, 0.25) is 5.91 Å². The Morgan fingerprint density at radius 2 is 1.76 bits per heavy atom. The van der Waals surface area contributed by atoms with E-state index >= 15 is 0 Å². The van der Waals surface area contributed by atoms with Gasteiger partial charge in [0, 0.05) is 20.1 Å². The zero-order valence-electron chi connectivity index (χ0n) is 13.2. The van der Waals surface area contributed by atoms with E-state index in [1.165, 1.54) is 5.56 Å². The molecule has 5 heteroatoms. The van der Waals surface area contributed by atoms with Gasteiger partial charge < -0.3 is 10.0 Å². The molecule has 5 nitrogen and oxygen atoms in total. The second-order valence-corrected chi connectivity index (χ2v) is 5.67. The van der Waals surface area contributed by atoms with Gasteiger partial charge in [0.25, 0.3) is 0 Å². The summed E-state index contributed by atoms with van der Waals surface area (Å²) in [6.07, 6.45) is 0. The maximum atomic E-state index is 12.1. The minimum absolute atomic E-state index is 0.0179. The van der Waals surface area contributed by atoms with Gasteiger partial charge in [0.1, 0.15) is 0 Å². The summed E-state index contributed by atoms with van der Waals surface area (Å²) in [5.41, 5.74) is 2.27. The Morgan fingerprint density at radius 1 is 1.19 bits per heavy atom. The van der Waals surface area contributed by atoms with Gasteiger partial charge in [-0.3, -0.25) is 14.5 Å². The number of carboxylic acids is 1. The molecule has 1 N–H and O–H groups in total. The number of nitrogens with zero attached hydrogens (tertiary/aromatic N) is 2. The lowest BCUT2D eigenvalue weighted by atomic mass is 10.1. The minimum atomic E-state index is -0.845. The molecular weight excluding hydrogens is 268 g/mol. The van der Waals surface area contributed by atoms with Crippen molar-refractivity contribution in [2.24, 2.45) is 5.92 Å². The van der Waals surface area contributed by atoms with Crippen LogP contribution in [0, 0.1) is 12.8 Å². The Balaban J connectivity index is 2.47. The van der Waals surface area contributed by atoms with Crippen molar-refractivity contribution in [3.8, 4) is 0 Å². The van der Waals surface area contributed by atoms with Gasteiger partial charge in [-0.25, -0.2) is 0 Å². The molecule has 116 valence electrons. The fourth-order valence-electron chi connectivity index (χ4n) is 2.02. The fourth-order valence-corrected chi connectivity index (χ4v) is 2.02. The smallest absolute Gasteiger partial charge is 0.307 e. The van der Waals surface area contributed by atoms with Crippen LogP contribution in [0.3, 0.4) is 0 Å². The molecule has 1 amide bonds. The van der Waals surface area contributed by atoms with Gasteiger partial charge in [0.15, 0.2) is 0 Å². The highest BCUT2D eigenvalue weighted by atomic mass is 16.4. The molecule has 0 saturated carbocycles. The Bertz CT molecular complexity index is 485. The molecule has 0 spiro atoms. The normalized spacial score (nSPS) is 12.2. The van der Waals surface area contributed by atoms with Crippen LogP contribution in [0.4, 0.5) is 0 Å². The van der Waals surface area contributed by atoms with Crippen LogP contribution >= 0.6 is 0 Å². The summed E-state index contributed by atoms with van der Waals surface area (Å²) < 4.78 is 0. The summed E-state index contributed by atoms with van der Waals surface area (Å²) >= 11 is 0. The summed E-state index contributed by atoms with van der Waals surface area (Å²) in [7, 11) is 3.52. The Labute approximate surface area is 126 Å². The van der Waals surface area contributed by atoms with Crippen LogP contribution < -0.4 is 0 Å². The number of carbonyl (C=O) groups is 2. The van der Waals surface area contributed by atoms with Gasteiger partial charge in [-0.2, -0.15) is 0 Å². The lowest BCUT2D eigenvalue weighted by Crippen LogP contribution is -2.38.